The maximum absolute atomic E-state index is 4.27. The molecule has 0 aliphatic carbocycles. The van der Waals surface area contributed by atoms with E-state index in [1.165, 1.54) is 0 Å². The van der Waals surface area contributed by atoms with Crippen LogP contribution in [0.2, 0.25) is 19.6 Å². The van der Waals surface area contributed by atoms with Crippen molar-refractivity contribution in [3.63, 3.8) is 0 Å². The van der Waals surface area contributed by atoms with E-state index in [1.807, 2.05) is 30.3 Å². The van der Waals surface area contributed by atoms with Crippen molar-refractivity contribution in [3.8, 4) is 0 Å². The van der Waals surface area contributed by atoms with Crippen LogP contribution in [0.5, 0.6) is 0 Å². The predicted molar refractivity (Wildman–Crippen MR) is 59.3 cm³/mol. The third kappa shape index (κ3) is 4.40. The molecule has 0 saturated heterocycles. The largest absolute Gasteiger partial charge is 0.267 e. The van der Waals surface area contributed by atoms with Gasteiger partial charge in [-0.2, -0.15) is 4.99 Å². The summed E-state index contributed by atoms with van der Waals surface area (Å²) in [6.07, 6.45) is 0. The fourth-order valence-electron chi connectivity index (χ4n) is 0.735. The van der Waals surface area contributed by atoms with Crippen molar-refractivity contribution in [2.75, 3.05) is 0 Å². The molecule has 3 heteroatoms. The third-order valence-corrected chi connectivity index (χ3v) is 2.09. The van der Waals surface area contributed by atoms with Crippen molar-refractivity contribution in [2.24, 2.45) is 9.65 Å². The topological polar surface area (TPSA) is 24.7 Å². The van der Waals surface area contributed by atoms with Gasteiger partial charge in [-0.1, -0.05) is 18.2 Å². The molecule has 0 spiro atoms. The van der Waals surface area contributed by atoms with E-state index >= 15 is 0 Å². The summed E-state index contributed by atoms with van der Waals surface area (Å²) in [6.45, 7) is 6.46. The summed E-state index contributed by atoms with van der Waals surface area (Å²) in [5.41, 5.74) is 0.907. The molecule has 68 valence electrons. The van der Waals surface area contributed by atoms with E-state index in [9.17, 15) is 0 Å². The smallest absolute Gasteiger partial charge is 0.186 e. The van der Waals surface area contributed by atoms with Crippen LogP contribution >= 0.6 is 0 Å². The Kier molecular flexibility index (Phi) is 3.17. The first kappa shape index (κ1) is 9.90. The Morgan fingerprint density at radius 3 is 2.23 bits per heavy atom. The molecule has 0 saturated carbocycles. The van der Waals surface area contributed by atoms with E-state index in [0.29, 0.717) is 0 Å². The third-order valence-electron chi connectivity index (χ3n) is 1.32. The van der Waals surface area contributed by atoms with Crippen LogP contribution in [0.3, 0.4) is 0 Å². The second-order valence-corrected chi connectivity index (χ2v) is 8.40. The highest BCUT2D eigenvalue weighted by atomic mass is 28.3. The molecule has 13 heavy (non-hydrogen) atoms. The van der Waals surface area contributed by atoms with E-state index in [1.54, 1.807) is 0 Å². The highest BCUT2D eigenvalue weighted by Gasteiger charge is 2.09. The van der Waals surface area contributed by atoms with Gasteiger partial charge in [0.05, 0.1) is 11.7 Å². The van der Waals surface area contributed by atoms with Gasteiger partial charge in [0.1, 0.15) is 0 Å². The minimum absolute atomic E-state index is 0.907. The van der Waals surface area contributed by atoms with Crippen LogP contribution < -0.4 is 0 Å². The van der Waals surface area contributed by atoms with Gasteiger partial charge in [-0.15, -0.1) is 0 Å². The maximum Gasteiger partial charge on any atom is 0.186 e. The zero-order valence-electron chi connectivity index (χ0n) is 8.28. The summed E-state index contributed by atoms with van der Waals surface area (Å²) in [4.78, 5) is 4.11. The van der Waals surface area contributed by atoms with Gasteiger partial charge >= 0.3 is 0 Å². The van der Waals surface area contributed by atoms with Crippen molar-refractivity contribution >= 4 is 19.9 Å². The van der Waals surface area contributed by atoms with E-state index in [-0.39, 0.29) is 0 Å². The lowest BCUT2D eigenvalue weighted by molar-refractivity contribution is 1.51. The fourth-order valence-corrected chi connectivity index (χ4v) is 1.09. The number of aliphatic imine (C=N–C) groups is 1. The van der Waals surface area contributed by atoms with Crippen molar-refractivity contribution in [1.82, 2.24) is 0 Å². The van der Waals surface area contributed by atoms with Crippen molar-refractivity contribution < 1.29 is 0 Å². The van der Waals surface area contributed by atoms with Crippen LogP contribution in [0, 0.1) is 0 Å². The highest BCUT2D eigenvalue weighted by molar-refractivity contribution is 6.75. The molecule has 0 bridgehead atoms. The molecular weight excluding hydrogens is 176 g/mol. The Hall–Kier alpha value is -1.18. The molecule has 0 amide bonds. The highest BCUT2D eigenvalue weighted by Crippen LogP contribution is 2.08. The molecule has 1 aromatic rings. The number of nitrogens with zero attached hydrogens (tertiary/aromatic N) is 2. The molecule has 1 rings (SSSR count). The molecule has 0 aliphatic rings. The Balaban J connectivity index is 2.75. The molecule has 1 aromatic carbocycles. The molecule has 0 aromatic heterocycles. The minimum Gasteiger partial charge on any atom is -0.267 e. The molecule has 0 aliphatic heterocycles. The normalized spacial score (nSPS) is 10.4. The van der Waals surface area contributed by atoms with Gasteiger partial charge in [0, 0.05) is 0 Å². The van der Waals surface area contributed by atoms with Crippen LogP contribution in [-0.2, 0) is 0 Å². The summed E-state index contributed by atoms with van der Waals surface area (Å²) < 4.78 is 4.27. The molecule has 2 nitrogen and oxygen atoms in total. The lowest BCUT2D eigenvalue weighted by Crippen LogP contribution is -2.15. The summed E-state index contributed by atoms with van der Waals surface area (Å²) >= 11 is 0. The fraction of sp³-hybridized carbons (Fsp3) is 0.300. The zero-order valence-corrected chi connectivity index (χ0v) is 9.28. The number of hydrogen-bond acceptors (Lipinski definition) is 2. The molecule has 0 radical (unpaired) electrons. The van der Waals surface area contributed by atoms with Gasteiger partial charge in [0.2, 0.25) is 0 Å². The average molecular weight is 190 g/mol. The van der Waals surface area contributed by atoms with Crippen molar-refractivity contribution in [2.45, 2.75) is 19.6 Å². The van der Waals surface area contributed by atoms with Crippen LogP contribution in [0.1, 0.15) is 0 Å². The van der Waals surface area contributed by atoms with Crippen LogP contribution in [-0.4, -0.2) is 14.2 Å². The number of rotatable bonds is 2. The molecular formula is C10H14N2Si. The van der Waals surface area contributed by atoms with Crippen molar-refractivity contribution in [3.05, 3.63) is 30.3 Å². The zero-order chi connectivity index (χ0) is 9.73. The van der Waals surface area contributed by atoms with E-state index in [2.05, 4.69) is 35.3 Å². The Morgan fingerprint density at radius 1 is 1.08 bits per heavy atom. The minimum atomic E-state index is -1.39. The summed E-state index contributed by atoms with van der Waals surface area (Å²) in [5.74, 6) is 0. The van der Waals surface area contributed by atoms with E-state index < -0.39 is 8.24 Å². The molecule has 0 N–H and O–H groups in total. The summed E-state index contributed by atoms with van der Waals surface area (Å²) in [7, 11) is -1.39. The summed E-state index contributed by atoms with van der Waals surface area (Å²) in [5, 5.41) is 0. The SMILES string of the molecule is C[Si](C)(C)N=C=Nc1ccccc1. The van der Waals surface area contributed by atoms with Gasteiger partial charge in [0.15, 0.2) is 8.24 Å². The molecule has 0 unspecified atom stereocenters. The molecule has 0 atom stereocenters. The first-order valence-corrected chi connectivity index (χ1v) is 7.75. The predicted octanol–water partition coefficient (Wildman–Crippen LogP) is 3.33. The Bertz CT molecular complexity index is 319. The van der Waals surface area contributed by atoms with Crippen LogP contribution in [0.15, 0.2) is 40.0 Å². The maximum atomic E-state index is 4.27. The molecule has 0 heterocycles. The standard InChI is InChI=1S/C10H14N2Si/c1-13(2,3)12-9-11-10-7-5-4-6-8-10/h4-8H,1-3H3. The van der Waals surface area contributed by atoms with Crippen molar-refractivity contribution in [1.29, 1.82) is 0 Å². The molecule has 0 fully saturated rings. The number of hydrogen-bond donors (Lipinski definition) is 0. The first-order valence-electron chi connectivity index (χ1n) is 4.31. The van der Waals surface area contributed by atoms with Crippen LogP contribution in [0.4, 0.5) is 5.69 Å². The second-order valence-electron chi connectivity index (χ2n) is 3.83. The van der Waals surface area contributed by atoms with E-state index in [0.717, 1.165) is 5.69 Å². The lowest BCUT2D eigenvalue weighted by Gasteiger charge is -2.02. The average Bonchev–Trinajstić information content (AvgIpc) is 2.04. The van der Waals surface area contributed by atoms with Gasteiger partial charge in [-0.05, 0) is 31.8 Å². The monoisotopic (exact) mass is 190 g/mol. The van der Waals surface area contributed by atoms with Gasteiger partial charge in [-0.3, -0.25) is 4.66 Å². The number of benzene rings is 1. The van der Waals surface area contributed by atoms with Crippen LogP contribution in [0.25, 0.3) is 0 Å². The van der Waals surface area contributed by atoms with Gasteiger partial charge in [0.25, 0.3) is 0 Å². The Labute approximate surface area is 80.1 Å². The van der Waals surface area contributed by atoms with E-state index in [4.69, 9.17) is 0 Å². The Morgan fingerprint density at radius 2 is 1.69 bits per heavy atom. The lowest BCUT2D eigenvalue weighted by atomic mass is 10.3. The van der Waals surface area contributed by atoms with Gasteiger partial charge < -0.3 is 0 Å². The van der Waals surface area contributed by atoms with Gasteiger partial charge in [-0.25, -0.2) is 0 Å². The first-order chi connectivity index (χ1) is 6.08. The number of para-hydroxylation sites is 1. The quantitative estimate of drug-likeness (QED) is 0.505. The second kappa shape index (κ2) is 4.17. The summed E-state index contributed by atoms with van der Waals surface area (Å²) in [6, 6.07) is 12.5.